The second-order valence-electron chi connectivity index (χ2n) is 3.29. The Labute approximate surface area is 99.2 Å². The Balaban J connectivity index is 2.26. The van der Waals surface area contributed by atoms with Crippen molar-refractivity contribution >= 4 is 17.6 Å². The van der Waals surface area contributed by atoms with Crippen molar-refractivity contribution in [2.24, 2.45) is 0 Å². The fraction of sp³-hybridized carbons (Fsp3) is 0.364. The molecule has 88 valence electrons. The Morgan fingerprint density at radius 3 is 2.88 bits per heavy atom. The van der Waals surface area contributed by atoms with Gasteiger partial charge in [-0.3, -0.25) is 4.79 Å². The van der Waals surface area contributed by atoms with E-state index in [1.807, 2.05) is 12.1 Å². The van der Waals surface area contributed by atoms with Crippen LogP contribution in [0.5, 0.6) is 5.75 Å². The van der Waals surface area contributed by atoms with Crippen LogP contribution in [0.2, 0.25) is 5.02 Å². The molecule has 2 N–H and O–H groups in total. The monoisotopic (exact) mass is 243 g/mol. The minimum atomic E-state index is -0.877. The molecule has 16 heavy (non-hydrogen) atoms. The fourth-order valence-electron chi connectivity index (χ4n) is 1.09. The lowest BCUT2D eigenvalue weighted by molar-refractivity contribution is -0.139. The van der Waals surface area contributed by atoms with Gasteiger partial charge in [-0.25, -0.2) is 0 Å². The van der Waals surface area contributed by atoms with Crippen molar-refractivity contribution in [2.75, 3.05) is 13.2 Å². The third-order valence-electron chi connectivity index (χ3n) is 2.02. The van der Waals surface area contributed by atoms with E-state index in [4.69, 9.17) is 21.4 Å². The van der Waals surface area contributed by atoms with Gasteiger partial charge in [0.1, 0.15) is 18.4 Å². The van der Waals surface area contributed by atoms with E-state index in [9.17, 15) is 4.79 Å². The number of nitrogens with one attached hydrogen (secondary N) is 1. The average Bonchev–Trinajstić information content (AvgIpc) is 2.26. The molecule has 0 radical (unpaired) electrons. The van der Waals surface area contributed by atoms with Crippen LogP contribution in [0.1, 0.15) is 6.92 Å². The number of hydrogen-bond donors (Lipinski definition) is 2. The lowest BCUT2D eigenvalue weighted by Gasteiger charge is -2.10. The van der Waals surface area contributed by atoms with E-state index >= 15 is 0 Å². The van der Waals surface area contributed by atoms with Gasteiger partial charge in [0.15, 0.2) is 0 Å². The maximum atomic E-state index is 10.5. The number of halogens is 1. The minimum absolute atomic E-state index is 0.376. The molecule has 0 aliphatic rings. The summed E-state index contributed by atoms with van der Waals surface area (Å²) < 4.78 is 5.38. The molecule has 0 unspecified atom stereocenters. The van der Waals surface area contributed by atoms with Crippen LogP contribution in [0.15, 0.2) is 24.3 Å². The van der Waals surface area contributed by atoms with E-state index in [1.54, 1.807) is 19.1 Å². The molecule has 4 nitrogen and oxygen atoms in total. The van der Waals surface area contributed by atoms with Gasteiger partial charge in [-0.05, 0) is 19.1 Å². The van der Waals surface area contributed by atoms with Crippen LogP contribution < -0.4 is 10.1 Å². The maximum Gasteiger partial charge on any atom is 0.320 e. The van der Waals surface area contributed by atoms with Gasteiger partial charge in [-0.1, -0.05) is 23.7 Å². The molecular weight excluding hydrogens is 230 g/mol. The van der Waals surface area contributed by atoms with Crippen LogP contribution in [0.4, 0.5) is 0 Å². The topological polar surface area (TPSA) is 58.6 Å². The lowest BCUT2D eigenvalue weighted by Crippen LogP contribution is -2.36. The first-order valence-electron chi connectivity index (χ1n) is 4.95. The number of ether oxygens (including phenoxy) is 1. The van der Waals surface area contributed by atoms with Gasteiger partial charge in [0.05, 0.1) is 5.02 Å². The van der Waals surface area contributed by atoms with Crippen molar-refractivity contribution in [3.05, 3.63) is 29.3 Å². The van der Waals surface area contributed by atoms with Gasteiger partial charge in [0, 0.05) is 6.54 Å². The normalized spacial score (nSPS) is 12.1. The van der Waals surface area contributed by atoms with Crippen molar-refractivity contribution in [2.45, 2.75) is 13.0 Å². The summed E-state index contributed by atoms with van der Waals surface area (Å²) in [6.07, 6.45) is 0. The van der Waals surface area contributed by atoms with Crippen molar-refractivity contribution in [1.82, 2.24) is 5.32 Å². The Kier molecular flexibility index (Phi) is 5.08. The molecule has 1 atom stereocenters. The van der Waals surface area contributed by atoms with Gasteiger partial charge >= 0.3 is 5.97 Å². The van der Waals surface area contributed by atoms with Crippen LogP contribution >= 0.6 is 11.6 Å². The Bertz CT molecular complexity index is 357. The van der Waals surface area contributed by atoms with Crippen LogP contribution in [0.3, 0.4) is 0 Å². The lowest BCUT2D eigenvalue weighted by atomic mass is 10.3. The van der Waals surface area contributed by atoms with Gasteiger partial charge in [0.2, 0.25) is 0 Å². The number of carboxylic acids is 1. The van der Waals surface area contributed by atoms with E-state index in [0.717, 1.165) is 0 Å². The molecule has 1 aromatic rings. The number of carbonyl (C=O) groups is 1. The highest BCUT2D eigenvalue weighted by Crippen LogP contribution is 2.22. The average molecular weight is 244 g/mol. The van der Waals surface area contributed by atoms with Gasteiger partial charge in [-0.2, -0.15) is 0 Å². The molecule has 1 rings (SSSR count). The smallest absolute Gasteiger partial charge is 0.320 e. The van der Waals surface area contributed by atoms with Gasteiger partial charge in [-0.15, -0.1) is 0 Å². The summed E-state index contributed by atoms with van der Waals surface area (Å²) >= 11 is 5.88. The summed E-state index contributed by atoms with van der Waals surface area (Å²) in [6, 6.07) is 6.58. The zero-order valence-electron chi connectivity index (χ0n) is 8.94. The SMILES string of the molecule is C[C@@H](NCCOc1ccccc1Cl)C(=O)O. The predicted octanol–water partition coefficient (Wildman–Crippen LogP) is 1.78. The molecule has 0 spiro atoms. The molecule has 1 aromatic carbocycles. The van der Waals surface area contributed by atoms with Crippen molar-refractivity contribution in [1.29, 1.82) is 0 Å². The summed E-state index contributed by atoms with van der Waals surface area (Å²) in [7, 11) is 0. The first-order valence-corrected chi connectivity index (χ1v) is 5.32. The fourth-order valence-corrected chi connectivity index (χ4v) is 1.28. The highest BCUT2D eigenvalue weighted by Gasteiger charge is 2.08. The highest BCUT2D eigenvalue weighted by molar-refractivity contribution is 6.32. The Morgan fingerprint density at radius 2 is 2.25 bits per heavy atom. The molecule has 0 saturated carbocycles. The molecule has 5 heteroatoms. The third-order valence-corrected chi connectivity index (χ3v) is 2.33. The number of para-hydroxylation sites is 1. The van der Waals surface area contributed by atoms with E-state index < -0.39 is 12.0 Å². The number of hydrogen-bond acceptors (Lipinski definition) is 3. The number of rotatable bonds is 6. The van der Waals surface area contributed by atoms with Gasteiger partial charge in [0.25, 0.3) is 0 Å². The number of carboxylic acid groups (broad SMARTS) is 1. The molecule has 0 aliphatic carbocycles. The quantitative estimate of drug-likeness (QED) is 0.748. The standard InChI is InChI=1S/C11H14ClNO3/c1-8(11(14)15)13-6-7-16-10-5-3-2-4-9(10)12/h2-5,8,13H,6-7H2,1H3,(H,14,15)/t8-/m1/s1. The first-order chi connectivity index (χ1) is 7.61. The van der Waals surface area contributed by atoms with Crippen molar-refractivity contribution < 1.29 is 14.6 Å². The van der Waals surface area contributed by atoms with Crippen molar-refractivity contribution in [3.8, 4) is 5.75 Å². The summed E-state index contributed by atoms with van der Waals surface area (Å²) in [5, 5.41) is 12.0. The summed E-state index contributed by atoms with van der Waals surface area (Å²) in [6.45, 7) is 2.41. The van der Waals surface area contributed by atoms with E-state index in [0.29, 0.717) is 23.9 Å². The van der Waals surface area contributed by atoms with Gasteiger partial charge < -0.3 is 15.2 Å². The molecule has 0 bridgehead atoms. The maximum absolute atomic E-state index is 10.5. The Hall–Kier alpha value is -1.26. The summed E-state index contributed by atoms with van der Waals surface area (Å²) in [4.78, 5) is 10.5. The number of benzene rings is 1. The van der Waals surface area contributed by atoms with E-state index in [2.05, 4.69) is 5.32 Å². The first kappa shape index (κ1) is 12.8. The molecule has 0 amide bonds. The molecule has 0 fully saturated rings. The van der Waals surface area contributed by atoms with Crippen LogP contribution in [0.25, 0.3) is 0 Å². The molecule has 0 aromatic heterocycles. The second-order valence-corrected chi connectivity index (χ2v) is 3.70. The third kappa shape index (κ3) is 4.08. The zero-order chi connectivity index (χ0) is 12.0. The van der Waals surface area contributed by atoms with Crippen molar-refractivity contribution in [3.63, 3.8) is 0 Å². The van der Waals surface area contributed by atoms with E-state index in [-0.39, 0.29) is 0 Å². The summed E-state index contributed by atoms with van der Waals surface area (Å²) in [5.74, 6) is -0.272. The van der Waals surface area contributed by atoms with E-state index in [1.165, 1.54) is 0 Å². The highest BCUT2D eigenvalue weighted by atomic mass is 35.5. The number of aliphatic carboxylic acids is 1. The largest absolute Gasteiger partial charge is 0.491 e. The minimum Gasteiger partial charge on any atom is -0.491 e. The predicted molar refractivity (Wildman–Crippen MR) is 62.0 cm³/mol. The van der Waals surface area contributed by atoms with Crippen LogP contribution in [-0.4, -0.2) is 30.3 Å². The molecule has 0 saturated heterocycles. The van der Waals surface area contributed by atoms with Crippen LogP contribution in [-0.2, 0) is 4.79 Å². The van der Waals surface area contributed by atoms with Crippen LogP contribution in [0, 0.1) is 0 Å². The summed E-state index contributed by atoms with van der Waals surface area (Å²) in [5.41, 5.74) is 0. The molecule has 0 aliphatic heterocycles. The molecular formula is C11H14ClNO3. The zero-order valence-corrected chi connectivity index (χ0v) is 9.70. The molecule has 0 heterocycles. The Morgan fingerprint density at radius 1 is 1.56 bits per heavy atom. The second kappa shape index (κ2) is 6.35.